The zero-order valence-electron chi connectivity index (χ0n) is 22.4. The first-order valence-electron chi connectivity index (χ1n) is 13.6. The van der Waals surface area contributed by atoms with Gasteiger partial charge >= 0.3 is 0 Å². The van der Waals surface area contributed by atoms with E-state index in [1.54, 1.807) is 33.9 Å². The number of amides is 3. The molecule has 0 saturated carbocycles. The fourth-order valence-electron chi connectivity index (χ4n) is 7.00. The largest absolute Gasteiger partial charge is 0.394 e. The van der Waals surface area contributed by atoms with E-state index in [9.17, 15) is 19.5 Å². The Labute approximate surface area is 243 Å². The summed E-state index contributed by atoms with van der Waals surface area (Å²) in [5, 5.41) is 11.1. The molecule has 1 N–H and O–H groups in total. The third-order valence-corrected chi connectivity index (χ3v) is 10.9. The van der Waals surface area contributed by atoms with Gasteiger partial charge in [-0.15, -0.1) is 11.8 Å². The molecule has 6 rings (SSSR count). The fraction of sp³-hybridized carbons (Fsp3) is 0.387. The number of thioether (sulfide) groups is 1. The molecule has 2 aromatic carbocycles. The van der Waals surface area contributed by atoms with Gasteiger partial charge in [0.05, 0.1) is 39.9 Å². The number of halogens is 1. The number of nitrogens with zero attached hydrogens (tertiary/aromatic N) is 3. The first-order valence-corrected chi connectivity index (χ1v) is 14.7. The quantitative estimate of drug-likeness (QED) is 0.550. The van der Waals surface area contributed by atoms with Gasteiger partial charge in [-0.25, -0.2) is 0 Å². The lowest BCUT2D eigenvalue weighted by Crippen LogP contribution is -2.57. The van der Waals surface area contributed by atoms with Crippen molar-refractivity contribution in [3.63, 3.8) is 0 Å². The lowest BCUT2D eigenvalue weighted by atomic mass is 9.74. The predicted molar refractivity (Wildman–Crippen MR) is 157 cm³/mol. The van der Waals surface area contributed by atoms with Crippen LogP contribution in [0.15, 0.2) is 78.9 Å². The second kappa shape index (κ2) is 10.1. The zero-order valence-corrected chi connectivity index (χ0v) is 24.0. The van der Waals surface area contributed by atoms with E-state index in [0.717, 1.165) is 5.56 Å². The van der Waals surface area contributed by atoms with Gasteiger partial charge in [-0.05, 0) is 31.0 Å². The smallest absolute Gasteiger partial charge is 0.251 e. The van der Waals surface area contributed by atoms with Crippen LogP contribution < -0.4 is 4.90 Å². The third-order valence-electron chi connectivity index (χ3n) is 8.76. The topological polar surface area (TPSA) is 81.2 Å². The second-order valence-corrected chi connectivity index (χ2v) is 13.4. The summed E-state index contributed by atoms with van der Waals surface area (Å²) in [6.45, 7) is 2.43. The summed E-state index contributed by atoms with van der Waals surface area (Å²) in [5.41, 5.74) is 1.51. The van der Waals surface area contributed by atoms with Crippen LogP contribution in [-0.4, -0.2) is 80.9 Å². The van der Waals surface area contributed by atoms with Crippen molar-refractivity contribution in [2.75, 3.05) is 31.6 Å². The van der Waals surface area contributed by atoms with E-state index in [0.29, 0.717) is 23.7 Å². The molecule has 3 amide bonds. The highest BCUT2D eigenvalue weighted by atomic mass is 35.5. The number of benzene rings is 2. The van der Waals surface area contributed by atoms with E-state index in [-0.39, 0.29) is 30.9 Å². The minimum Gasteiger partial charge on any atom is -0.394 e. The second-order valence-electron chi connectivity index (χ2n) is 11.2. The number of aliphatic hydroxyl groups excluding tert-OH is 1. The van der Waals surface area contributed by atoms with E-state index < -0.39 is 33.4 Å². The van der Waals surface area contributed by atoms with E-state index in [1.807, 2.05) is 73.7 Å². The first-order chi connectivity index (χ1) is 19.2. The summed E-state index contributed by atoms with van der Waals surface area (Å²) in [4.78, 5) is 48.1. The Morgan fingerprint density at radius 3 is 2.38 bits per heavy atom. The van der Waals surface area contributed by atoms with Gasteiger partial charge < -0.3 is 19.8 Å². The molecule has 9 heteroatoms. The van der Waals surface area contributed by atoms with Gasteiger partial charge in [0.15, 0.2) is 0 Å². The van der Waals surface area contributed by atoms with E-state index in [1.165, 1.54) is 11.8 Å². The summed E-state index contributed by atoms with van der Waals surface area (Å²) in [5.74, 6) is -2.05. The lowest BCUT2D eigenvalue weighted by Gasteiger charge is -2.40. The minimum absolute atomic E-state index is 0.104. The summed E-state index contributed by atoms with van der Waals surface area (Å²) in [6, 6.07) is 15.2. The van der Waals surface area contributed by atoms with Crippen molar-refractivity contribution in [2.45, 2.75) is 34.9 Å². The number of aliphatic hydroxyl groups is 1. The number of hydrogen-bond donors (Lipinski definition) is 1. The molecule has 2 fully saturated rings. The summed E-state index contributed by atoms with van der Waals surface area (Å²) < 4.78 is -1.67. The molecule has 0 radical (unpaired) electrons. The first kappa shape index (κ1) is 27.1. The van der Waals surface area contributed by atoms with Crippen LogP contribution in [0.25, 0.3) is 0 Å². The van der Waals surface area contributed by atoms with E-state index in [2.05, 4.69) is 0 Å². The normalized spacial score (nSPS) is 32.0. The van der Waals surface area contributed by atoms with Crippen molar-refractivity contribution >= 4 is 46.8 Å². The van der Waals surface area contributed by atoms with Crippen molar-refractivity contribution < 1.29 is 19.5 Å². The molecule has 4 aliphatic heterocycles. The molecule has 0 aromatic heterocycles. The maximum atomic E-state index is 14.7. The maximum Gasteiger partial charge on any atom is 0.251 e. The van der Waals surface area contributed by atoms with Crippen LogP contribution in [0, 0.1) is 11.8 Å². The number of carbonyl (C=O) groups is 3. The number of carbonyl (C=O) groups excluding carboxylic acids is 3. The minimum atomic E-state index is -0.994. The molecule has 4 aliphatic rings. The van der Waals surface area contributed by atoms with Crippen LogP contribution in [0.1, 0.15) is 12.5 Å². The van der Waals surface area contributed by atoms with Gasteiger partial charge in [0.25, 0.3) is 5.91 Å². The van der Waals surface area contributed by atoms with E-state index in [4.69, 9.17) is 11.6 Å². The zero-order chi connectivity index (χ0) is 28.2. The number of anilines is 1. The standard InChI is InChI=1S/C31H32ClN3O4S/c1-30-14-8-16-33(2)27(37)24(30)25-28(38)35(21(19-36)18-20-10-4-3-5-11-20)26-29(39)34(17-9-15-31(25,26)40-30)23-13-7-6-12-22(23)32/h3-15,21,24-26,36H,16-19H2,1-2H3/t21-,24+,25+,26?,30-,31+/m1/s1. The Kier molecular flexibility index (Phi) is 6.84. The van der Waals surface area contributed by atoms with Gasteiger partial charge in [-0.3, -0.25) is 14.4 Å². The number of likely N-dealkylation sites (N-methyl/N-ethyl adjacent to an activating group) is 1. The molecule has 2 aromatic rings. The number of rotatable bonds is 5. The Balaban J connectivity index is 1.52. The van der Waals surface area contributed by atoms with Crippen LogP contribution in [0.3, 0.4) is 0 Å². The summed E-state index contributed by atoms with van der Waals surface area (Å²) in [7, 11) is 1.75. The lowest BCUT2D eigenvalue weighted by molar-refractivity contribution is -0.144. The van der Waals surface area contributed by atoms with Gasteiger partial charge in [0, 0.05) is 24.9 Å². The summed E-state index contributed by atoms with van der Waals surface area (Å²) >= 11 is 8.10. The SMILES string of the molecule is CN1CC=C[C@@]2(C)S[C@]34C=CCN(c5ccccc5Cl)C(=O)C3N([C@@H](CO)Cc3ccccc3)C(=O)[C@@H]4[C@H]2C1=O. The number of hydrogen-bond acceptors (Lipinski definition) is 5. The highest BCUT2D eigenvalue weighted by Crippen LogP contribution is 2.66. The predicted octanol–water partition coefficient (Wildman–Crippen LogP) is 3.56. The van der Waals surface area contributed by atoms with Crippen molar-refractivity contribution in [3.05, 3.63) is 89.5 Å². The van der Waals surface area contributed by atoms with E-state index >= 15 is 0 Å². The van der Waals surface area contributed by atoms with Crippen LogP contribution in [0.5, 0.6) is 0 Å². The molecule has 40 heavy (non-hydrogen) atoms. The fourth-order valence-corrected chi connectivity index (χ4v) is 9.38. The Hall–Kier alpha value is -3.07. The van der Waals surface area contributed by atoms with Crippen molar-refractivity contribution in [2.24, 2.45) is 11.8 Å². The molecule has 0 bridgehead atoms. The van der Waals surface area contributed by atoms with Gasteiger partial charge in [-0.2, -0.15) is 0 Å². The molecule has 1 spiro atoms. The maximum absolute atomic E-state index is 14.7. The van der Waals surface area contributed by atoms with Crippen LogP contribution in [0.4, 0.5) is 5.69 Å². The summed E-state index contributed by atoms with van der Waals surface area (Å²) in [6.07, 6.45) is 8.30. The van der Waals surface area contributed by atoms with Crippen molar-refractivity contribution in [1.29, 1.82) is 0 Å². The molecule has 4 heterocycles. The Morgan fingerprint density at radius 1 is 0.950 bits per heavy atom. The van der Waals surface area contributed by atoms with Crippen molar-refractivity contribution in [1.82, 2.24) is 9.80 Å². The number of fused-ring (bicyclic) bond motifs is 2. The third kappa shape index (κ3) is 4.03. The molecule has 6 atom stereocenters. The number of para-hydroxylation sites is 1. The van der Waals surface area contributed by atoms with Gasteiger partial charge in [-0.1, -0.05) is 78.4 Å². The highest BCUT2D eigenvalue weighted by molar-refractivity contribution is 8.02. The van der Waals surface area contributed by atoms with Gasteiger partial charge in [0.1, 0.15) is 6.04 Å². The van der Waals surface area contributed by atoms with Crippen LogP contribution in [0.2, 0.25) is 5.02 Å². The van der Waals surface area contributed by atoms with Crippen LogP contribution >= 0.6 is 23.4 Å². The molecule has 0 aliphatic carbocycles. The Morgan fingerprint density at radius 2 is 1.65 bits per heavy atom. The van der Waals surface area contributed by atoms with Gasteiger partial charge in [0.2, 0.25) is 11.8 Å². The van der Waals surface area contributed by atoms with Crippen molar-refractivity contribution in [3.8, 4) is 0 Å². The molecular weight excluding hydrogens is 546 g/mol. The molecule has 7 nitrogen and oxygen atoms in total. The average molecular weight is 578 g/mol. The monoisotopic (exact) mass is 577 g/mol. The average Bonchev–Trinajstić information content (AvgIpc) is 3.23. The highest BCUT2D eigenvalue weighted by Gasteiger charge is 2.74. The Bertz CT molecular complexity index is 1420. The molecule has 2 saturated heterocycles. The molecular formula is C31H32ClN3O4S. The number of likely N-dealkylation sites (tertiary alicyclic amines) is 1. The van der Waals surface area contributed by atoms with Crippen LogP contribution in [-0.2, 0) is 20.8 Å². The molecule has 1 unspecified atom stereocenters. The molecule has 208 valence electrons.